The van der Waals surface area contributed by atoms with Crippen LogP contribution in [0.25, 0.3) is 0 Å². The van der Waals surface area contributed by atoms with Crippen LogP contribution in [0.2, 0.25) is 5.02 Å². The van der Waals surface area contributed by atoms with E-state index in [9.17, 15) is 9.59 Å². The average Bonchev–Trinajstić information content (AvgIpc) is 2.97. The first-order chi connectivity index (χ1) is 12.6. The van der Waals surface area contributed by atoms with Crippen LogP contribution in [0.4, 0.5) is 5.69 Å². The maximum Gasteiger partial charge on any atom is 0.240 e. The molecule has 0 aliphatic carbocycles. The van der Waals surface area contributed by atoms with E-state index in [0.717, 1.165) is 5.56 Å². The van der Waals surface area contributed by atoms with Gasteiger partial charge in [-0.25, -0.2) is 0 Å². The molecule has 0 spiro atoms. The quantitative estimate of drug-likeness (QED) is 0.611. The lowest BCUT2D eigenvalue weighted by atomic mass is 10.2. The van der Waals surface area contributed by atoms with Gasteiger partial charge in [0.15, 0.2) is 5.17 Å². The van der Waals surface area contributed by atoms with E-state index < -0.39 is 5.25 Å². The normalized spacial score (nSPS) is 18.3. The molecule has 1 atom stereocenters. The summed E-state index contributed by atoms with van der Waals surface area (Å²) in [6, 6.07) is 16.3. The summed E-state index contributed by atoms with van der Waals surface area (Å²) in [4.78, 5) is 24.1. The molecule has 8 heteroatoms. The van der Waals surface area contributed by atoms with Crippen molar-refractivity contribution in [2.24, 2.45) is 10.2 Å². The maximum absolute atomic E-state index is 12.1. The number of hydrogen-bond donors (Lipinski definition) is 2. The first kappa shape index (κ1) is 18.2. The fourth-order valence-corrected chi connectivity index (χ4v) is 3.32. The van der Waals surface area contributed by atoms with Crippen LogP contribution >= 0.6 is 23.4 Å². The number of carbonyl (C=O) groups is 2. The van der Waals surface area contributed by atoms with Crippen LogP contribution in [-0.4, -0.2) is 28.4 Å². The third kappa shape index (κ3) is 4.93. The fourth-order valence-electron chi connectivity index (χ4n) is 2.21. The van der Waals surface area contributed by atoms with Crippen molar-refractivity contribution in [1.82, 2.24) is 5.32 Å². The Bertz CT molecular complexity index is 871. The van der Waals surface area contributed by atoms with Crippen molar-refractivity contribution in [3.8, 4) is 0 Å². The number of amides is 2. The smallest absolute Gasteiger partial charge is 0.240 e. The van der Waals surface area contributed by atoms with Crippen LogP contribution in [0, 0.1) is 0 Å². The van der Waals surface area contributed by atoms with Gasteiger partial charge >= 0.3 is 0 Å². The van der Waals surface area contributed by atoms with Gasteiger partial charge < -0.3 is 10.6 Å². The average molecular weight is 387 g/mol. The van der Waals surface area contributed by atoms with Gasteiger partial charge in [0.1, 0.15) is 5.25 Å². The summed E-state index contributed by atoms with van der Waals surface area (Å²) in [5, 5.41) is 13.7. The Labute approximate surface area is 159 Å². The summed E-state index contributed by atoms with van der Waals surface area (Å²) in [7, 11) is 0. The number of carbonyl (C=O) groups excluding carboxylic acids is 2. The number of rotatable bonds is 5. The number of hydrogen-bond acceptors (Lipinski definition) is 5. The summed E-state index contributed by atoms with van der Waals surface area (Å²) >= 11 is 7.21. The van der Waals surface area contributed by atoms with Gasteiger partial charge in [-0.3, -0.25) is 9.59 Å². The van der Waals surface area contributed by atoms with E-state index in [1.165, 1.54) is 18.0 Å². The van der Waals surface area contributed by atoms with E-state index >= 15 is 0 Å². The second-order valence-corrected chi connectivity index (χ2v) is 6.98. The third-order valence-corrected chi connectivity index (χ3v) is 4.87. The van der Waals surface area contributed by atoms with Crippen LogP contribution in [-0.2, 0) is 9.59 Å². The Morgan fingerprint density at radius 1 is 1.19 bits per heavy atom. The number of thioether (sulfide) groups is 1. The van der Waals surface area contributed by atoms with Gasteiger partial charge in [-0.2, -0.15) is 5.10 Å². The van der Waals surface area contributed by atoms with E-state index in [2.05, 4.69) is 20.8 Å². The van der Waals surface area contributed by atoms with E-state index in [4.69, 9.17) is 11.6 Å². The lowest BCUT2D eigenvalue weighted by Gasteiger charge is -2.06. The molecule has 2 aromatic carbocycles. The number of nitrogens with one attached hydrogen (secondary N) is 2. The largest absolute Gasteiger partial charge is 0.326 e. The van der Waals surface area contributed by atoms with Crippen LogP contribution in [0.3, 0.4) is 0 Å². The number of nitrogens with zero attached hydrogens (tertiary/aromatic N) is 2. The molecule has 0 aromatic heterocycles. The first-order valence-corrected chi connectivity index (χ1v) is 9.05. The van der Waals surface area contributed by atoms with Gasteiger partial charge in [-0.05, 0) is 18.2 Å². The summed E-state index contributed by atoms with van der Waals surface area (Å²) < 4.78 is 0. The second-order valence-electron chi connectivity index (χ2n) is 5.39. The standard InChI is InChI=1S/C18H15ClN4O2S/c19-14-9-5-4-6-12(14)11-20-23-18-22-17(25)15(26-18)10-16(24)21-13-7-2-1-3-8-13/h1-9,11,15H,10H2,(H,21,24)(H,22,23,25)/b20-11-/t15-/m0/s1. The van der Waals surface area contributed by atoms with E-state index in [0.29, 0.717) is 15.9 Å². The van der Waals surface area contributed by atoms with Crippen LogP contribution in [0.15, 0.2) is 64.8 Å². The minimum atomic E-state index is -0.534. The van der Waals surface area contributed by atoms with E-state index in [-0.39, 0.29) is 18.2 Å². The fraction of sp³-hybridized carbons (Fsp3) is 0.111. The topological polar surface area (TPSA) is 82.9 Å². The van der Waals surface area contributed by atoms with E-state index in [1.54, 1.807) is 18.2 Å². The molecular weight excluding hydrogens is 372 g/mol. The molecule has 2 amide bonds. The number of halogens is 1. The lowest BCUT2D eigenvalue weighted by molar-refractivity contribution is -0.122. The van der Waals surface area contributed by atoms with Crippen molar-refractivity contribution in [3.05, 3.63) is 65.2 Å². The molecule has 0 saturated carbocycles. The van der Waals surface area contributed by atoms with Crippen molar-refractivity contribution in [2.75, 3.05) is 5.32 Å². The van der Waals surface area contributed by atoms with Crippen LogP contribution in [0.1, 0.15) is 12.0 Å². The Kier molecular flexibility index (Phi) is 6.04. The van der Waals surface area contributed by atoms with Crippen LogP contribution in [0.5, 0.6) is 0 Å². The molecule has 1 aliphatic rings. The molecule has 1 saturated heterocycles. The number of benzene rings is 2. The maximum atomic E-state index is 12.1. The molecule has 2 aromatic rings. The minimum Gasteiger partial charge on any atom is -0.326 e. The SMILES string of the molecule is O=C(C[C@@H]1S/C(=N/N=C\c2ccccc2Cl)NC1=O)Nc1ccccc1. The highest BCUT2D eigenvalue weighted by molar-refractivity contribution is 8.15. The molecule has 0 radical (unpaired) electrons. The minimum absolute atomic E-state index is 0.0542. The van der Waals surface area contributed by atoms with Gasteiger partial charge in [-0.15, -0.1) is 5.10 Å². The van der Waals surface area contributed by atoms with Crippen LogP contribution < -0.4 is 10.6 Å². The van der Waals surface area contributed by atoms with Crippen molar-refractivity contribution >= 4 is 52.2 Å². The number of amidine groups is 1. The van der Waals surface area contributed by atoms with Gasteiger partial charge in [0.05, 0.1) is 6.21 Å². The van der Waals surface area contributed by atoms with Gasteiger partial charge in [0, 0.05) is 22.7 Å². The molecule has 1 aliphatic heterocycles. The molecular formula is C18H15ClN4O2S. The predicted octanol–water partition coefficient (Wildman–Crippen LogP) is 3.29. The highest BCUT2D eigenvalue weighted by Gasteiger charge is 2.32. The molecule has 0 unspecified atom stereocenters. The van der Waals surface area contributed by atoms with Gasteiger partial charge in [-0.1, -0.05) is 59.8 Å². The van der Waals surface area contributed by atoms with Crippen molar-refractivity contribution < 1.29 is 9.59 Å². The Balaban J connectivity index is 1.56. The zero-order valence-corrected chi connectivity index (χ0v) is 15.1. The molecule has 132 valence electrons. The van der Waals surface area contributed by atoms with Crippen molar-refractivity contribution in [1.29, 1.82) is 0 Å². The highest BCUT2D eigenvalue weighted by Crippen LogP contribution is 2.23. The van der Waals surface area contributed by atoms with Gasteiger partial charge in [0.25, 0.3) is 0 Å². The highest BCUT2D eigenvalue weighted by atomic mass is 35.5. The monoisotopic (exact) mass is 386 g/mol. The molecule has 0 bridgehead atoms. The van der Waals surface area contributed by atoms with E-state index in [1.807, 2.05) is 36.4 Å². The number of para-hydroxylation sites is 1. The molecule has 3 rings (SSSR count). The Morgan fingerprint density at radius 2 is 1.92 bits per heavy atom. The molecule has 1 fully saturated rings. The predicted molar refractivity (Wildman–Crippen MR) is 106 cm³/mol. The summed E-state index contributed by atoms with van der Waals surface area (Å²) in [6.07, 6.45) is 1.57. The summed E-state index contributed by atoms with van der Waals surface area (Å²) in [6.45, 7) is 0. The molecule has 6 nitrogen and oxygen atoms in total. The molecule has 1 heterocycles. The second kappa shape index (κ2) is 8.64. The zero-order valence-electron chi connectivity index (χ0n) is 13.6. The lowest BCUT2D eigenvalue weighted by Crippen LogP contribution is -2.28. The zero-order chi connectivity index (χ0) is 18.4. The molecule has 26 heavy (non-hydrogen) atoms. The van der Waals surface area contributed by atoms with Gasteiger partial charge in [0.2, 0.25) is 11.8 Å². The first-order valence-electron chi connectivity index (χ1n) is 7.80. The van der Waals surface area contributed by atoms with Crippen molar-refractivity contribution in [3.63, 3.8) is 0 Å². The summed E-state index contributed by atoms with van der Waals surface area (Å²) in [5.41, 5.74) is 1.42. The third-order valence-electron chi connectivity index (χ3n) is 3.46. The summed E-state index contributed by atoms with van der Waals surface area (Å²) in [5.74, 6) is -0.491. The Morgan fingerprint density at radius 3 is 2.69 bits per heavy atom. The van der Waals surface area contributed by atoms with Crippen molar-refractivity contribution in [2.45, 2.75) is 11.7 Å². The Hall–Kier alpha value is -2.64. The molecule has 2 N–H and O–H groups in total. The number of anilines is 1.